The van der Waals surface area contributed by atoms with E-state index >= 15 is 0 Å². The maximum absolute atomic E-state index is 11.6. The van der Waals surface area contributed by atoms with Crippen LogP contribution in [0.3, 0.4) is 0 Å². The van der Waals surface area contributed by atoms with E-state index in [4.69, 9.17) is 4.74 Å². The van der Waals surface area contributed by atoms with Gasteiger partial charge in [0.1, 0.15) is 12.6 Å². The number of carbonyl (C=O) groups excluding carboxylic acids is 2. The first-order valence-corrected chi connectivity index (χ1v) is 6.35. The van der Waals surface area contributed by atoms with Crippen LogP contribution in [0.25, 0.3) is 0 Å². The highest BCUT2D eigenvalue weighted by Crippen LogP contribution is 2.31. The fourth-order valence-corrected chi connectivity index (χ4v) is 2.14. The molecule has 1 N–H and O–H groups in total. The normalized spacial score (nSPS) is 13.7. The van der Waals surface area contributed by atoms with E-state index in [0.717, 1.165) is 0 Å². The number of rotatable bonds is 9. The van der Waals surface area contributed by atoms with Crippen molar-refractivity contribution in [2.45, 2.75) is 24.9 Å². The monoisotopic (exact) mass is 278 g/mol. The van der Waals surface area contributed by atoms with Crippen molar-refractivity contribution in [1.29, 1.82) is 0 Å². The SMILES string of the molecule is COC(CCCC(C=O)C=O)(C(=O)O)c1ccccc1. The maximum Gasteiger partial charge on any atom is 0.340 e. The van der Waals surface area contributed by atoms with Gasteiger partial charge in [0.15, 0.2) is 5.60 Å². The Morgan fingerprint density at radius 1 is 1.30 bits per heavy atom. The summed E-state index contributed by atoms with van der Waals surface area (Å²) in [6.45, 7) is 0. The molecule has 0 amide bonds. The van der Waals surface area contributed by atoms with Gasteiger partial charge in [0.25, 0.3) is 0 Å². The van der Waals surface area contributed by atoms with Crippen LogP contribution >= 0.6 is 0 Å². The molecule has 0 heterocycles. The van der Waals surface area contributed by atoms with Crippen molar-refractivity contribution < 1.29 is 24.2 Å². The van der Waals surface area contributed by atoms with Gasteiger partial charge in [0.2, 0.25) is 0 Å². The van der Waals surface area contributed by atoms with Gasteiger partial charge in [-0.25, -0.2) is 4.79 Å². The molecule has 0 fully saturated rings. The first-order valence-electron chi connectivity index (χ1n) is 6.35. The molecule has 0 aliphatic rings. The molecule has 0 aromatic heterocycles. The van der Waals surface area contributed by atoms with Crippen molar-refractivity contribution >= 4 is 18.5 Å². The van der Waals surface area contributed by atoms with E-state index in [1.54, 1.807) is 30.3 Å². The van der Waals surface area contributed by atoms with Gasteiger partial charge in [0, 0.05) is 7.11 Å². The minimum Gasteiger partial charge on any atom is -0.479 e. The number of aldehydes is 2. The molecule has 0 aliphatic heterocycles. The van der Waals surface area contributed by atoms with E-state index in [1.807, 2.05) is 0 Å². The number of carboxylic acid groups (broad SMARTS) is 1. The van der Waals surface area contributed by atoms with Crippen LogP contribution in [0.2, 0.25) is 0 Å². The zero-order valence-corrected chi connectivity index (χ0v) is 11.3. The van der Waals surface area contributed by atoms with Crippen molar-refractivity contribution in [3.63, 3.8) is 0 Å². The summed E-state index contributed by atoms with van der Waals surface area (Å²) >= 11 is 0. The van der Waals surface area contributed by atoms with Crippen molar-refractivity contribution in [3.05, 3.63) is 35.9 Å². The fraction of sp³-hybridized carbons (Fsp3) is 0.400. The highest BCUT2D eigenvalue weighted by Gasteiger charge is 2.40. The lowest BCUT2D eigenvalue weighted by Gasteiger charge is -2.28. The molecule has 5 heteroatoms. The van der Waals surface area contributed by atoms with Gasteiger partial charge < -0.3 is 19.4 Å². The highest BCUT2D eigenvalue weighted by molar-refractivity contribution is 5.79. The van der Waals surface area contributed by atoms with Gasteiger partial charge in [-0.2, -0.15) is 0 Å². The van der Waals surface area contributed by atoms with E-state index in [0.29, 0.717) is 31.0 Å². The van der Waals surface area contributed by atoms with Crippen molar-refractivity contribution in [3.8, 4) is 0 Å². The topological polar surface area (TPSA) is 80.7 Å². The van der Waals surface area contributed by atoms with Gasteiger partial charge >= 0.3 is 5.97 Å². The molecule has 5 nitrogen and oxygen atoms in total. The Labute approximate surface area is 117 Å². The lowest BCUT2D eigenvalue weighted by Crippen LogP contribution is -2.38. The third kappa shape index (κ3) is 3.51. The third-order valence-corrected chi connectivity index (χ3v) is 3.35. The van der Waals surface area contributed by atoms with Crippen LogP contribution in [0, 0.1) is 5.92 Å². The van der Waals surface area contributed by atoms with Crippen LogP contribution in [-0.4, -0.2) is 30.8 Å². The molecule has 0 bridgehead atoms. The summed E-state index contributed by atoms with van der Waals surface area (Å²) in [4.78, 5) is 32.8. The minimum atomic E-state index is -1.45. The summed E-state index contributed by atoms with van der Waals surface area (Å²) in [7, 11) is 1.35. The van der Waals surface area contributed by atoms with Crippen molar-refractivity contribution in [2.75, 3.05) is 7.11 Å². The lowest BCUT2D eigenvalue weighted by atomic mass is 9.87. The molecule has 1 aromatic rings. The molecular formula is C15H18O5. The number of carbonyl (C=O) groups is 3. The van der Waals surface area contributed by atoms with Crippen LogP contribution in [0.15, 0.2) is 30.3 Å². The summed E-state index contributed by atoms with van der Waals surface area (Å²) in [5, 5.41) is 9.49. The van der Waals surface area contributed by atoms with Crippen LogP contribution in [0.5, 0.6) is 0 Å². The molecular weight excluding hydrogens is 260 g/mol. The summed E-state index contributed by atoms with van der Waals surface area (Å²) in [5.74, 6) is -1.77. The number of hydrogen-bond acceptors (Lipinski definition) is 4. The average Bonchev–Trinajstić information content (AvgIpc) is 2.48. The average molecular weight is 278 g/mol. The van der Waals surface area contributed by atoms with E-state index in [9.17, 15) is 19.5 Å². The van der Waals surface area contributed by atoms with Crippen molar-refractivity contribution in [1.82, 2.24) is 0 Å². The second kappa shape index (κ2) is 7.55. The van der Waals surface area contributed by atoms with Gasteiger partial charge in [0.05, 0.1) is 5.92 Å². The Kier molecular flexibility index (Phi) is 6.06. The number of aliphatic carboxylic acids is 1. The number of hydrogen-bond donors (Lipinski definition) is 1. The number of carboxylic acids is 1. The first-order chi connectivity index (χ1) is 9.60. The lowest BCUT2D eigenvalue weighted by molar-refractivity contribution is -0.165. The predicted molar refractivity (Wildman–Crippen MR) is 72.2 cm³/mol. The summed E-state index contributed by atoms with van der Waals surface area (Å²) in [5.41, 5.74) is -0.902. The van der Waals surface area contributed by atoms with Crippen molar-refractivity contribution in [2.24, 2.45) is 5.92 Å². The molecule has 0 saturated carbocycles. The number of benzene rings is 1. The Hall–Kier alpha value is -2.01. The molecule has 0 saturated heterocycles. The second-order valence-corrected chi connectivity index (χ2v) is 4.53. The van der Waals surface area contributed by atoms with Crippen LogP contribution in [0.1, 0.15) is 24.8 Å². The molecule has 1 aromatic carbocycles. The molecule has 0 spiro atoms. The fourth-order valence-electron chi connectivity index (χ4n) is 2.14. The van der Waals surface area contributed by atoms with Crippen LogP contribution < -0.4 is 0 Å². The molecule has 1 unspecified atom stereocenters. The molecule has 108 valence electrons. The minimum absolute atomic E-state index is 0.195. The van der Waals surface area contributed by atoms with E-state index < -0.39 is 17.5 Å². The standard InChI is InChI=1S/C15H18O5/c1-20-15(14(18)19,13-7-3-2-4-8-13)9-5-6-12(10-16)11-17/h2-4,7-8,10-12H,5-6,9H2,1H3,(H,18,19). The largest absolute Gasteiger partial charge is 0.479 e. The quantitative estimate of drug-likeness (QED) is 0.550. The summed E-state index contributed by atoms with van der Waals surface area (Å²) in [6, 6.07) is 8.65. The zero-order valence-electron chi connectivity index (χ0n) is 11.3. The number of ether oxygens (including phenoxy) is 1. The zero-order chi connectivity index (χ0) is 15.0. The third-order valence-electron chi connectivity index (χ3n) is 3.35. The smallest absolute Gasteiger partial charge is 0.340 e. The molecule has 1 rings (SSSR count). The molecule has 0 aliphatic carbocycles. The number of methoxy groups -OCH3 is 1. The van der Waals surface area contributed by atoms with Crippen LogP contribution in [-0.2, 0) is 24.7 Å². The Morgan fingerprint density at radius 2 is 1.90 bits per heavy atom. The van der Waals surface area contributed by atoms with Crippen LogP contribution in [0.4, 0.5) is 0 Å². The van der Waals surface area contributed by atoms with Gasteiger partial charge in [-0.05, 0) is 24.8 Å². The van der Waals surface area contributed by atoms with E-state index in [2.05, 4.69) is 0 Å². The predicted octanol–water partition coefficient (Wildman–Crippen LogP) is 1.80. The van der Waals surface area contributed by atoms with Gasteiger partial charge in [-0.3, -0.25) is 0 Å². The first kappa shape index (κ1) is 16.0. The van der Waals surface area contributed by atoms with Gasteiger partial charge in [-0.15, -0.1) is 0 Å². The van der Waals surface area contributed by atoms with E-state index in [-0.39, 0.29) is 6.42 Å². The van der Waals surface area contributed by atoms with E-state index in [1.165, 1.54) is 7.11 Å². The molecule has 1 atom stereocenters. The Bertz CT molecular complexity index is 449. The maximum atomic E-state index is 11.6. The molecule has 20 heavy (non-hydrogen) atoms. The Morgan fingerprint density at radius 3 is 2.35 bits per heavy atom. The second-order valence-electron chi connectivity index (χ2n) is 4.53. The van der Waals surface area contributed by atoms with Gasteiger partial charge in [-0.1, -0.05) is 30.3 Å². The Balaban J connectivity index is 2.88. The molecule has 0 radical (unpaired) electrons. The highest BCUT2D eigenvalue weighted by atomic mass is 16.5. The summed E-state index contributed by atoms with van der Waals surface area (Å²) < 4.78 is 5.26. The summed E-state index contributed by atoms with van der Waals surface area (Å²) in [6.07, 6.45) is 2.06.